The molecule has 1 fully saturated rings. The molecule has 1 aliphatic rings. The number of aromatic carboxylic acids is 1. The zero-order valence-electron chi connectivity index (χ0n) is 16.4. The van der Waals surface area contributed by atoms with E-state index in [2.05, 4.69) is 5.32 Å². The standard InChI is InChI=1S/C19H23NO9/c1-9-15(27-10(2)21)16(28-11(3)22)17(29-12(4)23)18(26-9)20-14-7-5-13(6-8-14)19(24)25/h5-9,15-18,20H,1-4H3,(H,24,25)/t9-,15-,16+,17+,18+/m0/s1. The average Bonchev–Trinajstić information content (AvgIpc) is 2.61. The van der Waals surface area contributed by atoms with Gasteiger partial charge in [0.1, 0.15) is 0 Å². The average molecular weight is 409 g/mol. The normalized spacial score (nSPS) is 26.1. The van der Waals surface area contributed by atoms with Crippen LogP contribution in [0.1, 0.15) is 38.1 Å². The molecule has 0 bridgehead atoms. The number of rotatable bonds is 6. The van der Waals surface area contributed by atoms with Crippen molar-refractivity contribution in [2.75, 3.05) is 5.32 Å². The van der Waals surface area contributed by atoms with E-state index < -0.39 is 54.5 Å². The number of carbonyl (C=O) groups is 4. The molecule has 0 saturated carbocycles. The molecule has 10 heteroatoms. The third-order valence-electron chi connectivity index (χ3n) is 4.12. The van der Waals surface area contributed by atoms with Crippen molar-refractivity contribution in [1.29, 1.82) is 0 Å². The second-order valence-electron chi connectivity index (χ2n) is 6.51. The molecule has 0 unspecified atom stereocenters. The third-order valence-corrected chi connectivity index (χ3v) is 4.12. The maximum absolute atomic E-state index is 11.7. The summed E-state index contributed by atoms with van der Waals surface area (Å²) in [5.74, 6) is -2.99. The van der Waals surface area contributed by atoms with Crippen molar-refractivity contribution in [3.63, 3.8) is 0 Å². The second-order valence-corrected chi connectivity index (χ2v) is 6.51. The molecule has 0 spiro atoms. The molecule has 0 aromatic heterocycles. The molecule has 0 aliphatic carbocycles. The van der Waals surface area contributed by atoms with E-state index in [0.29, 0.717) is 5.69 Å². The molecule has 158 valence electrons. The number of hydrogen-bond donors (Lipinski definition) is 2. The van der Waals surface area contributed by atoms with Crippen molar-refractivity contribution in [2.24, 2.45) is 0 Å². The van der Waals surface area contributed by atoms with Gasteiger partial charge in [0.05, 0.1) is 11.7 Å². The highest BCUT2D eigenvalue weighted by molar-refractivity contribution is 5.88. The van der Waals surface area contributed by atoms with E-state index in [1.807, 2.05) is 0 Å². The van der Waals surface area contributed by atoms with Crippen LogP contribution in [0.2, 0.25) is 0 Å². The minimum atomic E-state index is -1.13. The van der Waals surface area contributed by atoms with Crippen LogP contribution in [0.3, 0.4) is 0 Å². The highest BCUT2D eigenvalue weighted by Gasteiger charge is 2.50. The number of carboxylic acid groups (broad SMARTS) is 1. The number of carboxylic acids is 1. The maximum Gasteiger partial charge on any atom is 0.335 e. The van der Waals surface area contributed by atoms with Gasteiger partial charge in [-0.25, -0.2) is 4.79 Å². The van der Waals surface area contributed by atoms with E-state index in [1.165, 1.54) is 45.0 Å². The fourth-order valence-electron chi connectivity index (χ4n) is 3.00. The first-order valence-electron chi connectivity index (χ1n) is 8.85. The number of carbonyl (C=O) groups excluding carboxylic acids is 3. The Morgan fingerprint density at radius 3 is 1.83 bits per heavy atom. The molecule has 2 N–H and O–H groups in total. The summed E-state index contributed by atoms with van der Waals surface area (Å²) < 4.78 is 21.7. The molecule has 1 aliphatic heterocycles. The molecule has 1 heterocycles. The lowest BCUT2D eigenvalue weighted by Gasteiger charge is -2.44. The number of benzene rings is 1. The molecule has 0 amide bonds. The second kappa shape index (κ2) is 9.37. The number of hydrogen-bond acceptors (Lipinski definition) is 9. The summed E-state index contributed by atoms with van der Waals surface area (Å²) in [6, 6.07) is 5.81. The maximum atomic E-state index is 11.7. The van der Waals surface area contributed by atoms with Gasteiger partial charge in [-0.3, -0.25) is 14.4 Å². The molecule has 1 saturated heterocycles. The molecule has 1 aromatic rings. The molecule has 0 radical (unpaired) electrons. The predicted octanol–water partition coefficient (Wildman–Crippen LogP) is 1.34. The van der Waals surface area contributed by atoms with E-state index in [0.717, 1.165) is 0 Å². The highest BCUT2D eigenvalue weighted by atomic mass is 16.7. The highest BCUT2D eigenvalue weighted by Crippen LogP contribution is 2.29. The SMILES string of the molecule is CC(=O)O[C@@H]1[C@@H](OC(C)=O)[C@H](C)O[C@@H](Nc2ccc(C(=O)O)cc2)[C@@H]1OC(C)=O. The predicted molar refractivity (Wildman–Crippen MR) is 98.0 cm³/mol. The van der Waals surface area contributed by atoms with Crippen molar-refractivity contribution in [2.45, 2.75) is 58.3 Å². The fraction of sp³-hybridized carbons (Fsp3) is 0.474. The summed E-state index contributed by atoms with van der Waals surface area (Å²) in [6.07, 6.45) is -4.89. The number of esters is 3. The molecular weight excluding hydrogens is 386 g/mol. The minimum Gasteiger partial charge on any atom is -0.478 e. The first-order chi connectivity index (χ1) is 13.6. The summed E-state index contributed by atoms with van der Waals surface area (Å²) in [6.45, 7) is 5.19. The monoisotopic (exact) mass is 409 g/mol. The first-order valence-corrected chi connectivity index (χ1v) is 8.85. The van der Waals surface area contributed by atoms with Crippen LogP contribution in [0.15, 0.2) is 24.3 Å². The van der Waals surface area contributed by atoms with Crippen LogP contribution in [-0.2, 0) is 33.3 Å². The van der Waals surface area contributed by atoms with Gasteiger partial charge in [-0.05, 0) is 31.2 Å². The smallest absolute Gasteiger partial charge is 0.335 e. The molecule has 10 nitrogen and oxygen atoms in total. The first kappa shape index (κ1) is 22.2. The quantitative estimate of drug-likeness (QED) is 0.523. The molecule has 5 atom stereocenters. The molecular formula is C19H23NO9. The van der Waals surface area contributed by atoms with Gasteiger partial charge in [0.25, 0.3) is 0 Å². The van der Waals surface area contributed by atoms with E-state index >= 15 is 0 Å². The van der Waals surface area contributed by atoms with Crippen molar-refractivity contribution >= 4 is 29.6 Å². The lowest BCUT2D eigenvalue weighted by Crippen LogP contribution is -2.62. The van der Waals surface area contributed by atoms with E-state index in [-0.39, 0.29) is 5.56 Å². The van der Waals surface area contributed by atoms with Crippen LogP contribution in [0.25, 0.3) is 0 Å². The van der Waals surface area contributed by atoms with Crippen molar-refractivity contribution < 1.29 is 43.2 Å². The van der Waals surface area contributed by atoms with Gasteiger partial charge in [0.2, 0.25) is 0 Å². The lowest BCUT2D eigenvalue weighted by molar-refractivity contribution is -0.238. The Balaban J connectivity index is 2.33. The van der Waals surface area contributed by atoms with Gasteiger partial charge in [-0.1, -0.05) is 0 Å². The number of nitrogens with one attached hydrogen (secondary N) is 1. The third kappa shape index (κ3) is 5.92. The Labute approximate surface area is 167 Å². The van der Waals surface area contributed by atoms with Crippen molar-refractivity contribution in [1.82, 2.24) is 0 Å². The Hall–Kier alpha value is -3.14. The van der Waals surface area contributed by atoms with Crippen LogP contribution in [0.4, 0.5) is 5.69 Å². The Morgan fingerprint density at radius 1 is 0.862 bits per heavy atom. The Kier molecular flexibility index (Phi) is 7.16. The number of anilines is 1. The van der Waals surface area contributed by atoms with Gasteiger partial charge in [0.15, 0.2) is 24.5 Å². The topological polar surface area (TPSA) is 137 Å². The Morgan fingerprint density at radius 2 is 1.34 bits per heavy atom. The lowest BCUT2D eigenvalue weighted by atomic mass is 9.97. The van der Waals surface area contributed by atoms with Crippen LogP contribution >= 0.6 is 0 Å². The van der Waals surface area contributed by atoms with E-state index in [4.69, 9.17) is 24.1 Å². The van der Waals surface area contributed by atoms with Crippen LogP contribution < -0.4 is 5.32 Å². The van der Waals surface area contributed by atoms with Gasteiger partial charge >= 0.3 is 23.9 Å². The Bertz CT molecular complexity index is 776. The van der Waals surface area contributed by atoms with E-state index in [1.54, 1.807) is 6.92 Å². The zero-order valence-corrected chi connectivity index (χ0v) is 16.4. The van der Waals surface area contributed by atoms with E-state index in [9.17, 15) is 19.2 Å². The van der Waals surface area contributed by atoms with Gasteiger partial charge in [0, 0.05) is 26.5 Å². The fourth-order valence-corrected chi connectivity index (χ4v) is 3.00. The summed E-state index contributed by atoms with van der Waals surface area (Å²) in [7, 11) is 0. The van der Waals surface area contributed by atoms with Gasteiger partial charge in [-0.15, -0.1) is 0 Å². The van der Waals surface area contributed by atoms with Crippen molar-refractivity contribution in [3.05, 3.63) is 29.8 Å². The van der Waals surface area contributed by atoms with Crippen LogP contribution in [0.5, 0.6) is 0 Å². The molecule has 29 heavy (non-hydrogen) atoms. The van der Waals surface area contributed by atoms with Gasteiger partial charge < -0.3 is 29.4 Å². The molecule has 1 aromatic carbocycles. The van der Waals surface area contributed by atoms with Gasteiger partial charge in [-0.2, -0.15) is 0 Å². The summed E-state index contributed by atoms with van der Waals surface area (Å²) >= 11 is 0. The van der Waals surface area contributed by atoms with Crippen LogP contribution in [-0.4, -0.2) is 59.6 Å². The zero-order chi connectivity index (χ0) is 21.7. The van der Waals surface area contributed by atoms with Crippen molar-refractivity contribution in [3.8, 4) is 0 Å². The molecule has 2 rings (SSSR count). The number of ether oxygens (including phenoxy) is 4. The largest absolute Gasteiger partial charge is 0.478 e. The summed E-state index contributed by atoms with van der Waals surface area (Å²) in [5, 5.41) is 12.0. The summed E-state index contributed by atoms with van der Waals surface area (Å²) in [5.41, 5.74) is 0.578. The minimum absolute atomic E-state index is 0.0951. The summed E-state index contributed by atoms with van der Waals surface area (Å²) in [4.78, 5) is 45.8. The van der Waals surface area contributed by atoms with Crippen LogP contribution in [0, 0.1) is 0 Å².